The maximum Gasteiger partial charge on any atom is 0.261 e. The van der Waals surface area contributed by atoms with Gasteiger partial charge in [-0.3, -0.25) is 9.59 Å². The van der Waals surface area contributed by atoms with E-state index >= 15 is 0 Å². The number of hydrogen-bond acceptors (Lipinski definition) is 4. The zero-order valence-corrected chi connectivity index (χ0v) is 12.5. The summed E-state index contributed by atoms with van der Waals surface area (Å²) in [6.07, 6.45) is 2.13. The summed E-state index contributed by atoms with van der Waals surface area (Å²) in [6.45, 7) is 4.90. The highest BCUT2D eigenvalue weighted by Gasteiger charge is 2.26. The lowest BCUT2D eigenvalue weighted by molar-refractivity contribution is -0.120. The number of hydrogen-bond donors (Lipinski definition) is 3. The second-order valence-corrected chi connectivity index (χ2v) is 6.45. The Bertz CT molecular complexity index is 453. The third-order valence-corrected chi connectivity index (χ3v) is 4.55. The molecule has 0 unspecified atom stereocenters. The van der Waals surface area contributed by atoms with Crippen LogP contribution in [0.25, 0.3) is 0 Å². The Hall–Kier alpha value is -1.40. The summed E-state index contributed by atoms with van der Waals surface area (Å²) >= 11 is 1.37. The van der Waals surface area contributed by atoms with E-state index in [1.165, 1.54) is 11.3 Å². The molecule has 1 fully saturated rings. The van der Waals surface area contributed by atoms with Crippen LogP contribution >= 0.6 is 11.3 Å². The van der Waals surface area contributed by atoms with E-state index in [0.717, 1.165) is 25.9 Å². The van der Waals surface area contributed by atoms with Crippen LogP contribution in [0.2, 0.25) is 0 Å². The zero-order chi connectivity index (χ0) is 14.4. The Morgan fingerprint density at radius 2 is 2.10 bits per heavy atom. The number of carbonyl (C=O) groups is 2. The molecule has 2 heterocycles. The first-order chi connectivity index (χ1) is 9.59. The molecule has 0 atom stereocenters. The molecule has 1 saturated heterocycles. The van der Waals surface area contributed by atoms with Gasteiger partial charge in [-0.15, -0.1) is 11.3 Å². The minimum absolute atomic E-state index is 0.0328. The highest BCUT2D eigenvalue weighted by molar-refractivity contribution is 7.12. The van der Waals surface area contributed by atoms with E-state index < -0.39 is 0 Å². The molecule has 0 bridgehead atoms. The Morgan fingerprint density at radius 3 is 2.75 bits per heavy atom. The summed E-state index contributed by atoms with van der Waals surface area (Å²) < 4.78 is 0. The van der Waals surface area contributed by atoms with Gasteiger partial charge in [0.1, 0.15) is 0 Å². The molecular weight excluding hydrogens is 274 g/mol. The molecule has 2 rings (SSSR count). The SMILES string of the molecule is CC1(CNC(=O)CNC(=O)c2cccs2)CCNCC1. The predicted octanol–water partition coefficient (Wildman–Crippen LogP) is 0.984. The number of thiophene rings is 1. The average Bonchev–Trinajstić information content (AvgIpc) is 2.98. The molecule has 1 aromatic rings. The second kappa shape index (κ2) is 6.85. The van der Waals surface area contributed by atoms with Gasteiger partial charge in [-0.25, -0.2) is 0 Å². The van der Waals surface area contributed by atoms with E-state index in [0.29, 0.717) is 11.4 Å². The molecule has 0 radical (unpaired) electrons. The van der Waals surface area contributed by atoms with E-state index in [1.54, 1.807) is 6.07 Å². The minimum atomic E-state index is -0.191. The highest BCUT2D eigenvalue weighted by Crippen LogP contribution is 2.26. The fourth-order valence-electron chi connectivity index (χ4n) is 2.24. The Kier molecular flexibility index (Phi) is 5.14. The molecule has 0 spiro atoms. The number of rotatable bonds is 5. The van der Waals surface area contributed by atoms with E-state index in [1.807, 2.05) is 11.4 Å². The smallest absolute Gasteiger partial charge is 0.261 e. The first kappa shape index (κ1) is 15.0. The van der Waals surface area contributed by atoms with E-state index in [2.05, 4.69) is 22.9 Å². The van der Waals surface area contributed by atoms with Crippen molar-refractivity contribution in [3.63, 3.8) is 0 Å². The van der Waals surface area contributed by atoms with Gasteiger partial charge in [0.05, 0.1) is 11.4 Å². The van der Waals surface area contributed by atoms with Crippen LogP contribution in [-0.4, -0.2) is 38.0 Å². The molecule has 5 nitrogen and oxygen atoms in total. The fraction of sp³-hybridized carbons (Fsp3) is 0.571. The molecule has 1 aromatic heterocycles. The summed E-state index contributed by atoms with van der Waals surface area (Å²) in [5, 5.41) is 10.7. The standard InChI is InChI=1S/C14H21N3O2S/c1-14(4-6-15-7-5-14)10-17-12(18)9-16-13(19)11-3-2-8-20-11/h2-3,8,15H,4-7,9-10H2,1H3,(H,16,19)(H,17,18). The average molecular weight is 295 g/mol. The zero-order valence-electron chi connectivity index (χ0n) is 11.7. The van der Waals surface area contributed by atoms with E-state index in [9.17, 15) is 9.59 Å². The molecule has 0 aliphatic carbocycles. The van der Waals surface area contributed by atoms with Gasteiger partial charge < -0.3 is 16.0 Å². The van der Waals surface area contributed by atoms with Gasteiger partial charge in [-0.2, -0.15) is 0 Å². The normalized spacial score (nSPS) is 17.4. The Labute approximate surface area is 123 Å². The van der Waals surface area contributed by atoms with Crippen LogP contribution in [0.4, 0.5) is 0 Å². The van der Waals surface area contributed by atoms with Crippen molar-refractivity contribution >= 4 is 23.2 Å². The first-order valence-corrected chi connectivity index (χ1v) is 7.76. The number of carbonyl (C=O) groups excluding carboxylic acids is 2. The molecule has 0 aromatic carbocycles. The molecule has 1 aliphatic rings. The summed E-state index contributed by atoms with van der Waals surface area (Å²) in [7, 11) is 0. The van der Waals surface area contributed by atoms with Crippen molar-refractivity contribution in [3.8, 4) is 0 Å². The minimum Gasteiger partial charge on any atom is -0.354 e. The summed E-state index contributed by atoms with van der Waals surface area (Å²) in [5.74, 6) is -0.321. The van der Waals surface area contributed by atoms with Crippen molar-refractivity contribution in [2.24, 2.45) is 5.41 Å². The van der Waals surface area contributed by atoms with Gasteiger partial charge in [0, 0.05) is 6.54 Å². The van der Waals surface area contributed by atoms with Crippen LogP contribution in [0, 0.1) is 5.41 Å². The van der Waals surface area contributed by atoms with Gasteiger partial charge in [0.25, 0.3) is 5.91 Å². The van der Waals surface area contributed by atoms with Crippen molar-refractivity contribution in [3.05, 3.63) is 22.4 Å². The van der Waals surface area contributed by atoms with Gasteiger partial charge in [0.2, 0.25) is 5.91 Å². The van der Waals surface area contributed by atoms with E-state index in [-0.39, 0.29) is 23.8 Å². The molecule has 3 N–H and O–H groups in total. The molecule has 1 aliphatic heterocycles. The van der Waals surface area contributed by atoms with Crippen molar-refractivity contribution in [1.29, 1.82) is 0 Å². The Morgan fingerprint density at radius 1 is 1.35 bits per heavy atom. The first-order valence-electron chi connectivity index (χ1n) is 6.88. The van der Waals surface area contributed by atoms with Gasteiger partial charge in [-0.05, 0) is 42.8 Å². The predicted molar refractivity (Wildman–Crippen MR) is 79.9 cm³/mol. The van der Waals surface area contributed by atoms with Crippen LogP contribution in [0.15, 0.2) is 17.5 Å². The molecule has 0 saturated carbocycles. The third-order valence-electron chi connectivity index (χ3n) is 3.68. The van der Waals surface area contributed by atoms with Crippen LogP contribution < -0.4 is 16.0 Å². The monoisotopic (exact) mass is 295 g/mol. The van der Waals surface area contributed by atoms with Crippen molar-refractivity contribution in [1.82, 2.24) is 16.0 Å². The van der Waals surface area contributed by atoms with Crippen molar-refractivity contribution < 1.29 is 9.59 Å². The molecule has 2 amide bonds. The van der Waals surface area contributed by atoms with E-state index in [4.69, 9.17) is 0 Å². The molecular formula is C14H21N3O2S. The van der Waals surface area contributed by atoms with Crippen LogP contribution in [0.5, 0.6) is 0 Å². The third kappa shape index (κ3) is 4.31. The quantitative estimate of drug-likeness (QED) is 0.758. The molecule has 20 heavy (non-hydrogen) atoms. The lowest BCUT2D eigenvalue weighted by Crippen LogP contribution is -2.45. The highest BCUT2D eigenvalue weighted by atomic mass is 32.1. The fourth-order valence-corrected chi connectivity index (χ4v) is 2.88. The lowest BCUT2D eigenvalue weighted by atomic mass is 9.81. The molecule has 110 valence electrons. The summed E-state index contributed by atoms with van der Waals surface area (Å²) in [5.41, 5.74) is 0.165. The maximum absolute atomic E-state index is 11.8. The topological polar surface area (TPSA) is 70.2 Å². The number of piperidine rings is 1. The number of nitrogens with one attached hydrogen (secondary N) is 3. The van der Waals surface area contributed by atoms with Crippen LogP contribution in [0.1, 0.15) is 29.4 Å². The summed E-state index contributed by atoms with van der Waals surface area (Å²) in [4.78, 5) is 24.1. The maximum atomic E-state index is 11.8. The lowest BCUT2D eigenvalue weighted by Gasteiger charge is -2.34. The van der Waals surface area contributed by atoms with Gasteiger partial charge in [-0.1, -0.05) is 13.0 Å². The summed E-state index contributed by atoms with van der Waals surface area (Å²) in [6, 6.07) is 3.56. The second-order valence-electron chi connectivity index (χ2n) is 5.50. The van der Waals surface area contributed by atoms with Crippen molar-refractivity contribution in [2.75, 3.05) is 26.2 Å². The Balaban J connectivity index is 1.69. The number of amides is 2. The van der Waals surface area contributed by atoms with Crippen LogP contribution in [0.3, 0.4) is 0 Å². The van der Waals surface area contributed by atoms with Gasteiger partial charge in [0.15, 0.2) is 0 Å². The van der Waals surface area contributed by atoms with Gasteiger partial charge >= 0.3 is 0 Å². The van der Waals surface area contributed by atoms with Crippen molar-refractivity contribution in [2.45, 2.75) is 19.8 Å². The molecule has 6 heteroatoms. The largest absolute Gasteiger partial charge is 0.354 e. The van der Waals surface area contributed by atoms with Crippen LogP contribution in [-0.2, 0) is 4.79 Å².